The van der Waals surface area contributed by atoms with E-state index in [4.69, 9.17) is 9.47 Å². The average Bonchev–Trinajstić information content (AvgIpc) is 2.29. The molecule has 1 aliphatic rings. The van der Waals surface area contributed by atoms with Crippen molar-refractivity contribution in [3.05, 3.63) is 0 Å². The highest BCUT2D eigenvalue weighted by atomic mass is 32.2. The maximum atomic E-state index is 11.6. The van der Waals surface area contributed by atoms with E-state index in [9.17, 15) is 19.5 Å². The molecule has 0 aliphatic carbocycles. The number of carboxylic acids is 1. The summed E-state index contributed by atoms with van der Waals surface area (Å²) < 4.78 is 9.78. The van der Waals surface area contributed by atoms with Crippen molar-refractivity contribution in [1.82, 2.24) is 0 Å². The molecule has 0 aromatic rings. The monoisotopic (exact) mass is 302 g/mol. The van der Waals surface area contributed by atoms with Crippen molar-refractivity contribution < 1.29 is 29.0 Å². The average molecular weight is 302 g/mol. The molecule has 0 amide bonds. The van der Waals surface area contributed by atoms with Gasteiger partial charge in [0.15, 0.2) is 5.92 Å². The molecule has 1 saturated heterocycles. The molecule has 0 aromatic carbocycles. The standard InChI is InChI=1S/C12H17NO6S/c1-12(2)18-10(16)7(11(17)19-12)6-13-8(9(14)15)4-5-20-3/h6-8H,4-5H2,1-3H3,(H,14,15)/p-1/t8-/m0/s1. The van der Waals surface area contributed by atoms with Gasteiger partial charge in [0.25, 0.3) is 5.79 Å². The minimum atomic E-state index is -1.35. The number of rotatable bonds is 6. The Morgan fingerprint density at radius 3 is 2.45 bits per heavy atom. The van der Waals surface area contributed by atoms with E-state index in [1.54, 1.807) is 0 Å². The molecule has 0 spiro atoms. The third-order valence-electron chi connectivity index (χ3n) is 2.48. The van der Waals surface area contributed by atoms with Gasteiger partial charge < -0.3 is 19.4 Å². The lowest BCUT2D eigenvalue weighted by Crippen LogP contribution is -2.47. The molecule has 0 aromatic heterocycles. The van der Waals surface area contributed by atoms with E-state index in [1.165, 1.54) is 25.6 Å². The van der Waals surface area contributed by atoms with Gasteiger partial charge in [-0.25, -0.2) is 0 Å². The van der Waals surface area contributed by atoms with Crippen molar-refractivity contribution in [2.45, 2.75) is 32.1 Å². The summed E-state index contributed by atoms with van der Waals surface area (Å²) >= 11 is 1.46. The van der Waals surface area contributed by atoms with Gasteiger partial charge in [-0.15, -0.1) is 0 Å². The van der Waals surface area contributed by atoms with Crippen LogP contribution in [0.15, 0.2) is 4.99 Å². The zero-order valence-electron chi connectivity index (χ0n) is 11.5. The summed E-state index contributed by atoms with van der Waals surface area (Å²) in [5.74, 6) is -5.05. The zero-order valence-corrected chi connectivity index (χ0v) is 12.3. The van der Waals surface area contributed by atoms with Gasteiger partial charge in [0.05, 0.1) is 12.0 Å². The first-order chi connectivity index (χ1) is 9.26. The van der Waals surface area contributed by atoms with Crippen LogP contribution in [0, 0.1) is 5.92 Å². The summed E-state index contributed by atoms with van der Waals surface area (Å²) in [5, 5.41) is 10.9. The Labute approximate surface area is 120 Å². The quantitative estimate of drug-likeness (QED) is 0.366. The number of ether oxygens (including phenoxy) is 2. The van der Waals surface area contributed by atoms with Gasteiger partial charge in [0, 0.05) is 20.1 Å². The van der Waals surface area contributed by atoms with E-state index in [0.29, 0.717) is 5.75 Å². The lowest BCUT2D eigenvalue weighted by molar-refractivity contribution is -0.307. The highest BCUT2D eigenvalue weighted by Gasteiger charge is 2.42. The molecule has 1 heterocycles. The van der Waals surface area contributed by atoms with Crippen LogP contribution in [0.1, 0.15) is 20.3 Å². The lowest BCUT2D eigenvalue weighted by Gasteiger charge is -2.31. The number of hydrogen-bond acceptors (Lipinski definition) is 8. The van der Waals surface area contributed by atoms with Gasteiger partial charge in [0.2, 0.25) is 0 Å². The largest absolute Gasteiger partial charge is 0.548 e. The van der Waals surface area contributed by atoms with Crippen LogP contribution in [0.3, 0.4) is 0 Å². The molecule has 0 bridgehead atoms. The summed E-state index contributed by atoms with van der Waals surface area (Å²) in [4.78, 5) is 37.9. The van der Waals surface area contributed by atoms with Crippen LogP contribution in [-0.4, -0.2) is 48.0 Å². The fourth-order valence-corrected chi connectivity index (χ4v) is 1.98. The van der Waals surface area contributed by atoms with E-state index in [2.05, 4.69) is 4.99 Å². The minimum Gasteiger partial charge on any atom is -0.548 e. The van der Waals surface area contributed by atoms with Crippen LogP contribution in [-0.2, 0) is 23.9 Å². The number of esters is 2. The Morgan fingerprint density at radius 1 is 1.45 bits per heavy atom. The lowest BCUT2D eigenvalue weighted by atomic mass is 10.1. The third kappa shape index (κ3) is 4.52. The van der Waals surface area contributed by atoms with Crippen molar-refractivity contribution in [3.63, 3.8) is 0 Å². The van der Waals surface area contributed by atoms with Gasteiger partial charge in [-0.2, -0.15) is 11.8 Å². The SMILES string of the molecule is CSCC[C@H](N=CC1C(=O)OC(C)(C)OC1=O)C(=O)[O-]. The number of carbonyl (C=O) groups excluding carboxylic acids is 3. The number of carbonyl (C=O) groups is 3. The number of carboxylic acid groups (broad SMARTS) is 1. The number of cyclic esters (lactones) is 2. The maximum Gasteiger partial charge on any atom is 0.329 e. The molecule has 1 aliphatic heterocycles. The van der Waals surface area contributed by atoms with E-state index in [0.717, 1.165) is 6.21 Å². The number of nitrogens with zero attached hydrogens (tertiary/aromatic N) is 1. The molecule has 0 saturated carbocycles. The molecule has 7 nitrogen and oxygen atoms in total. The summed E-state index contributed by atoms with van der Waals surface area (Å²) in [5.41, 5.74) is 0. The first-order valence-electron chi connectivity index (χ1n) is 5.95. The molecule has 112 valence electrons. The molecular formula is C12H16NO6S-. The molecule has 0 radical (unpaired) electrons. The molecule has 8 heteroatoms. The van der Waals surface area contributed by atoms with Gasteiger partial charge in [-0.05, 0) is 18.4 Å². The normalized spacial score (nSPS) is 20.6. The second kappa shape index (κ2) is 6.74. The van der Waals surface area contributed by atoms with E-state index in [1.807, 2.05) is 6.26 Å². The third-order valence-corrected chi connectivity index (χ3v) is 3.13. The maximum absolute atomic E-state index is 11.6. The molecular weight excluding hydrogens is 286 g/mol. The van der Waals surface area contributed by atoms with Crippen LogP contribution in [0.5, 0.6) is 0 Å². The minimum absolute atomic E-state index is 0.252. The van der Waals surface area contributed by atoms with Crippen molar-refractivity contribution in [2.24, 2.45) is 10.9 Å². The molecule has 20 heavy (non-hydrogen) atoms. The topological polar surface area (TPSA) is 105 Å². The summed E-state index contributed by atoms with van der Waals surface area (Å²) in [7, 11) is 0. The second-order valence-electron chi connectivity index (χ2n) is 4.63. The number of aliphatic carboxylic acids is 1. The first-order valence-corrected chi connectivity index (χ1v) is 7.35. The Morgan fingerprint density at radius 2 is 2.00 bits per heavy atom. The van der Waals surface area contributed by atoms with Crippen molar-refractivity contribution in [2.75, 3.05) is 12.0 Å². The molecule has 1 rings (SSSR count). The van der Waals surface area contributed by atoms with Gasteiger partial charge in [-0.1, -0.05) is 0 Å². The summed E-state index contributed by atoms with van der Waals surface area (Å²) in [6, 6.07) is -1.10. The summed E-state index contributed by atoms with van der Waals surface area (Å²) in [6.45, 7) is 2.86. The van der Waals surface area contributed by atoms with Gasteiger partial charge in [-0.3, -0.25) is 14.6 Å². The highest BCUT2D eigenvalue weighted by molar-refractivity contribution is 7.98. The van der Waals surface area contributed by atoms with Crippen LogP contribution < -0.4 is 5.11 Å². The van der Waals surface area contributed by atoms with Crippen molar-refractivity contribution in [3.8, 4) is 0 Å². The van der Waals surface area contributed by atoms with Gasteiger partial charge >= 0.3 is 11.9 Å². The number of thioether (sulfide) groups is 1. The van der Waals surface area contributed by atoms with Crippen molar-refractivity contribution in [1.29, 1.82) is 0 Å². The first kappa shape index (κ1) is 16.5. The second-order valence-corrected chi connectivity index (χ2v) is 5.62. The Kier molecular flexibility index (Phi) is 5.55. The zero-order chi connectivity index (χ0) is 15.3. The van der Waals surface area contributed by atoms with Gasteiger partial charge in [0.1, 0.15) is 0 Å². The molecule has 1 atom stereocenters. The number of hydrogen-bond donors (Lipinski definition) is 0. The summed E-state index contributed by atoms with van der Waals surface area (Å²) in [6.07, 6.45) is 3.04. The Bertz CT molecular complexity index is 414. The molecule has 1 fully saturated rings. The van der Waals surface area contributed by atoms with Crippen molar-refractivity contribution >= 4 is 35.9 Å². The van der Waals surface area contributed by atoms with Crippen LogP contribution >= 0.6 is 11.8 Å². The van der Waals surface area contributed by atoms with E-state index in [-0.39, 0.29) is 6.42 Å². The molecule has 0 unspecified atom stereocenters. The Hall–Kier alpha value is -1.57. The van der Waals surface area contributed by atoms with Crippen LogP contribution in [0.2, 0.25) is 0 Å². The highest BCUT2D eigenvalue weighted by Crippen LogP contribution is 2.22. The van der Waals surface area contributed by atoms with E-state index < -0.39 is 35.7 Å². The van der Waals surface area contributed by atoms with E-state index >= 15 is 0 Å². The smallest absolute Gasteiger partial charge is 0.329 e. The molecule has 0 N–H and O–H groups in total. The Balaban J connectivity index is 2.74. The predicted molar refractivity (Wildman–Crippen MR) is 70.0 cm³/mol. The number of aliphatic imine (C=N–C) groups is 1. The van der Waals surface area contributed by atoms with Crippen LogP contribution in [0.25, 0.3) is 0 Å². The van der Waals surface area contributed by atoms with Crippen LogP contribution in [0.4, 0.5) is 0 Å². The fourth-order valence-electron chi connectivity index (χ4n) is 1.52. The fraction of sp³-hybridized carbons (Fsp3) is 0.667. The predicted octanol–water partition coefficient (Wildman–Crippen LogP) is -0.619.